The highest BCUT2D eigenvalue weighted by atomic mass is 16.2. The zero-order valence-electron chi connectivity index (χ0n) is 15.1. The summed E-state index contributed by atoms with van der Waals surface area (Å²) < 4.78 is 1.53. The van der Waals surface area contributed by atoms with Gasteiger partial charge in [0.25, 0.3) is 11.5 Å². The van der Waals surface area contributed by atoms with E-state index >= 15 is 0 Å². The van der Waals surface area contributed by atoms with Crippen LogP contribution in [0.4, 0.5) is 11.4 Å². The van der Waals surface area contributed by atoms with Gasteiger partial charge >= 0.3 is 0 Å². The fraction of sp³-hybridized carbons (Fsp3) is 0.0952. The first kappa shape index (κ1) is 18.1. The molecule has 2 aromatic carbocycles. The van der Waals surface area contributed by atoms with Gasteiger partial charge in [0, 0.05) is 36.8 Å². The molecule has 0 fully saturated rings. The first-order valence-electron chi connectivity index (χ1n) is 8.32. The average Bonchev–Trinajstić information content (AvgIpc) is 2.70. The highest BCUT2D eigenvalue weighted by molar-refractivity contribution is 6.09. The average molecular weight is 361 g/mol. The Kier molecular flexibility index (Phi) is 4.90. The second-order valence-corrected chi connectivity index (χ2v) is 6.07. The van der Waals surface area contributed by atoms with Gasteiger partial charge in [0.1, 0.15) is 0 Å². The van der Waals surface area contributed by atoms with Crippen molar-refractivity contribution in [3.05, 3.63) is 83.2 Å². The maximum absolute atomic E-state index is 12.6. The van der Waals surface area contributed by atoms with Crippen molar-refractivity contribution in [2.75, 3.05) is 17.3 Å². The van der Waals surface area contributed by atoms with E-state index in [0.717, 1.165) is 10.9 Å². The Morgan fingerprint density at radius 3 is 2.44 bits per heavy atom. The lowest BCUT2D eigenvalue weighted by molar-refractivity contribution is -0.113. The zero-order valence-corrected chi connectivity index (χ0v) is 15.1. The number of nitrogens with one attached hydrogen (secondary N) is 1. The lowest BCUT2D eigenvalue weighted by Crippen LogP contribution is -2.23. The number of anilines is 2. The summed E-state index contributed by atoms with van der Waals surface area (Å²) in [5.74, 6) is -0.505. The fourth-order valence-electron chi connectivity index (χ4n) is 2.81. The third-order valence-electron chi connectivity index (χ3n) is 4.44. The number of hydrogen-bond acceptors (Lipinski definition) is 3. The van der Waals surface area contributed by atoms with Crippen molar-refractivity contribution in [2.45, 2.75) is 0 Å². The van der Waals surface area contributed by atoms with Gasteiger partial charge in [-0.25, -0.2) is 0 Å². The van der Waals surface area contributed by atoms with E-state index in [-0.39, 0.29) is 17.4 Å². The molecule has 1 aromatic heterocycles. The van der Waals surface area contributed by atoms with Crippen LogP contribution in [-0.4, -0.2) is 23.4 Å². The number of hydrogen-bond donors (Lipinski definition) is 1. The number of amides is 2. The lowest BCUT2D eigenvalue weighted by atomic mass is 10.1. The lowest BCUT2D eigenvalue weighted by Gasteiger charge is -2.15. The Hall–Kier alpha value is -3.67. The predicted octanol–water partition coefficient (Wildman–Crippen LogP) is 2.94. The van der Waals surface area contributed by atoms with Crippen LogP contribution in [0, 0.1) is 0 Å². The minimum Gasteiger partial charge on any atom is -0.321 e. The molecule has 27 heavy (non-hydrogen) atoms. The molecule has 0 aliphatic carbocycles. The van der Waals surface area contributed by atoms with Gasteiger partial charge in [-0.1, -0.05) is 12.6 Å². The van der Waals surface area contributed by atoms with E-state index < -0.39 is 0 Å². The van der Waals surface area contributed by atoms with Gasteiger partial charge in [-0.15, -0.1) is 0 Å². The molecule has 0 spiro atoms. The molecule has 0 bridgehead atoms. The molecular formula is C21H19N3O3. The van der Waals surface area contributed by atoms with E-state index in [1.54, 1.807) is 56.6 Å². The normalized spacial score (nSPS) is 10.4. The van der Waals surface area contributed by atoms with Crippen LogP contribution in [0.2, 0.25) is 0 Å². The maximum atomic E-state index is 12.6. The quantitative estimate of drug-likeness (QED) is 0.726. The number of rotatable bonds is 4. The van der Waals surface area contributed by atoms with Crippen LogP contribution in [0.5, 0.6) is 0 Å². The molecule has 0 saturated carbocycles. The second kappa shape index (κ2) is 7.29. The summed E-state index contributed by atoms with van der Waals surface area (Å²) in [6, 6.07) is 15.3. The van der Waals surface area contributed by atoms with Crippen LogP contribution < -0.4 is 15.8 Å². The molecule has 2 amide bonds. The van der Waals surface area contributed by atoms with Crippen LogP contribution in [0.15, 0.2) is 72.0 Å². The van der Waals surface area contributed by atoms with Gasteiger partial charge < -0.3 is 14.8 Å². The number of nitrogens with zero attached hydrogens (tertiary/aromatic N) is 2. The van der Waals surface area contributed by atoms with Crippen molar-refractivity contribution < 1.29 is 9.59 Å². The Bertz CT molecular complexity index is 1100. The zero-order chi connectivity index (χ0) is 19.6. The molecule has 6 nitrogen and oxygen atoms in total. The standard InChI is InChI=1S/C21H19N3O3/c1-4-19(25)23(2)15-10-8-14(9-11-15)21(27)22-17-6-5-7-18-16(17)12-13-20(26)24(18)3/h4-13H,1H2,2-3H3,(H,22,27). The van der Waals surface area contributed by atoms with Gasteiger partial charge in [-0.05, 0) is 48.5 Å². The first-order valence-corrected chi connectivity index (χ1v) is 8.32. The highest BCUT2D eigenvalue weighted by Crippen LogP contribution is 2.23. The smallest absolute Gasteiger partial charge is 0.255 e. The summed E-state index contributed by atoms with van der Waals surface area (Å²) in [4.78, 5) is 37.5. The second-order valence-electron chi connectivity index (χ2n) is 6.07. The summed E-state index contributed by atoms with van der Waals surface area (Å²) >= 11 is 0. The van der Waals surface area contributed by atoms with E-state index in [1.807, 2.05) is 6.07 Å². The largest absolute Gasteiger partial charge is 0.321 e. The van der Waals surface area contributed by atoms with Gasteiger partial charge in [0.2, 0.25) is 5.91 Å². The molecule has 1 heterocycles. The Morgan fingerprint density at radius 2 is 1.78 bits per heavy atom. The summed E-state index contributed by atoms with van der Waals surface area (Å²) in [5.41, 5.74) is 2.37. The topological polar surface area (TPSA) is 71.4 Å². The van der Waals surface area contributed by atoms with Gasteiger partial charge in [0.15, 0.2) is 0 Å². The van der Waals surface area contributed by atoms with Crippen molar-refractivity contribution in [1.82, 2.24) is 4.57 Å². The van der Waals surface area contributed by atoms with Gasteiger partial charge in [-0.2, -0.15) is 0 Å². The van der Waals surface area contributed by atoms with Crippen molar-refractivity contribution >= 4 is 34.1 Å². The molecule has 0 atom stereocenters. The first-order chi connectivity index (χ1) is 12.9. The molecule has 0 unspecified atom stereocenters. The van der Waals surface area contributed by atoms with E-state index in [9.17, 15) is 14.4 Å². The summed E-state index contributed by atoms with van der Waals surface area (Å²) in [5, 5.41) is 3.66. The Balaban J connectivity index is 1.87. The van der Waals surface area contributed by atoms with E-state index in [1.165, 1.54) is 21.6 Å². The van der Waals surface area contributed by atoms with Crippen molar-refractivity contribution in [3.63, 3.8) is 0 Å². The minimum atomic E-state index is -0.277. The van der Waals surface area contributed by atoms with Gasteiger partial charge in [-0.3, -0.25) is 14.4 Å². The molecule has 0 radical (unpaired) electrons. The fourth-order valence-corrected chi connectivity index (χ4v) is 2.81. The van der Waals surface area contributed by atoms with E-state index in [0.29, 0.717) is 16.9 Å². The molecule has 0 aliphatic heterocycles. The number of benzene rings is 2. The third-order valence-corrected chi connectivity index (χ3v) is 4.44. The predicted molar refractivity (Wildman–Crippen MR) is 107 cm³/mol. The molecule has 3 aromatic rings. The summed E-state index contributed by atoms with van der Waals surface area (Å²) in [6.07, 6.45) is 1.23. The van der Waals surface area contributed by atoms with Crippen LogP contribution in [0.1, 0.15) is 10.4 Å². The molecule has 3 rings (SSSR count). The third kappa shape index (κ3) is 3.50. The van der Waals surface area contributed by atoms with Gasteiger partial charge in [0.05, 0.1) is 11.2 Å². The maximum Gasteiger partial charge on any atom is 0.255 e. The molecule has 0 aliphatic rings. The Morgan fingerprint density at radius 1 is 1.07 bits per heavy atom. The number of aromatic nitrogens is 1. The Labute approximate surface area is 156 Å². The van der Waals surface area contributed by atoms with Crippen LogP contribution in [0.25, 0.3) is 10.9 Å². The van der Waals surface area contributed by atoms with Crippen LogP contribution in [0.3, 0.4) is 0 Å². The van der Waals surface area contributed by atoms with Crippen molar-refractivity contribution in [2.24, 2.45) is 7.05 Å². The summed E-state index contributed by atoms with van der Waals surface area (Å²) in [6.45, 7) is 3.46. The number of fused-ring (bicyclic) bond motifs is 1. The van der Waals surface area contributed by atoms with Crippen LogP contribution in [-0.2, 0) is 11.8 Å². The van der Waals surface area contributed by atoms with E-state index in [4.69, 9.17) is 0 Å². The number of carbonyl (C=O) groups excluding carboxylic acids is 2. The molecule has 6 heteroatoms. The SMILES string of the molecule is C=CC(=O)N(C)c1ccc(C(=O)Nc2cccc3c2ccc(=O)n3C)cc1. The number of likely N-dealkylation sites (N-methyl/N-ethyl adjacent to an activating group) is 1. The monoisotopic (exact) mass is 361 g/mol. The van der Waals surface area contributed by atoms with Crippen molar-refractivity contribution in [3.8, 4) is 0 Å². The minimum absolute atomic E-state index is 0.111. The highest BCUT2D eigenvalue weighted by Gasteiger charge is 2.12. The van der Waals surface area contributed by atoms with Crippen molar-refractivity contribution in [1.29, 1.82) is 0 Å². The number of pyridine rings is 1. The number of aryl methyl sites for hydroxylation is 1. The molecule has 1 N–H and O–H groups in total. The summed E-state index contributed by atoms with van der Waals surface area (Å²) in [7, 11) is 3.33. The van der Waals surface area contributed by atoms with E-state index in [2.05, 4.69) is 11.9 Å². The molecular weight excluding hydrogens is 342 g/mol. The number of carbonyl (C=O) groups is 2. The molecule has 136 valence electrons. The molecule has 0 saturated heterocycles. The van der Waals surface area contributed by atoms with Crippen LogP contribution >= 0.6 is 0 Å².